The second-order valence-electron chi connectivity index (χ2n) is 7.02. The van der Waals surface area contributed by atoms with Crippen LogP contribution in [0.5, 0.6) is 11.5 Å². The minimum atomic E-state index is -0.533. The molecule has 1 atom stereocenters. The Morgan fingerprint density at radius 2 is 2.00 bits per heavy atom. The average Bonchev–Trinajstić information content (AvgIpc) is 3.34. The predicted molar refractivity (Wildman–Crippen MR) is 108 cm³/mol. The van der Waals surface area contributed by atoms with Gasteiger partial charge in [-0.05, 0) is 48.1 Å². The van der Waals surface area contributed by atoms with Crippen molar-refractivity contribution in [1.82, 2.24) is 15.1 Å². The fourth-order valence-electron chi connectivity index (χ4n) is 3.32. The highest BCUT2D eigenvalue weighted by Gasteiger charge is 2.20. The van der Waals surface area contributed by atoms with Crippen LogP contribution >= 0.6 is 0 Å². The summed E-state index contributed by atoms with van der Waals surface area (Å²) < 4.78 is 12.2. The molecule has 0 saturated heterocycles. The number of nitrogens with one attached hydrogen (secondary N) is 1. The van der Waals surface area contributed by atoms with Gasteiger partial charge in [0.05, 0.1) is 29.4 Å². The van der Waals surface area contributed by atoms with Gasteiger partial charge >= 0.3 is 5.82 Å². The smallest absolute Gasteiger partial charge is 0.390 e. The monoisotopic (exact) mass is 408 g/mol. The lowest BCUT2D eigenvalue weighted by molar-refractivity contribution is -0.389. The Balaban J connectivity index is 1.53. The van der Waals surface area contributed by atoms with Crippen LogP contribution in [0.3, 0.4) is 0 Å². The van der Waals surface area contributed by atoms with Crippen molar-refractivity contribution in [2.24, 2.45) is 0 Å². The summed E-state index contributed by atoms with van der Waals surface area (Å²) in [5, 5.41) is 18.0. The molecule has 4 rings (SSSR count). The van der Waals surface area contributed by atoms with Gasteiger partial charge in [0.2, 0.25) is 6.79 Å². The quantitative estimate of drug-likeness (QED) is 0.495. The largest absolute Gasteiger partial charge is 0.454 e. The highest BCUT2D eigenvalue weighted by atomic mass is 16.7. The second-order valence-corrected chi connectivity index (χ2v) is 7.02. The van der Waals surface area contributed by atoms with Crippen LogP contribution < -0.4 is 14.8 Å². The maximum Gasteiger partial charge on any atom is 0.390 e. The SMILES string of the molecule is Cc1cc([N+](=O)[O-])nn1Cc1ccccc1C(=O)N[C@@H](C)c1ccc2c(c1)OCO2. The zero-order chi connectivity index (χ0) is 21.3. The van der Waals surface area contributed by atoms with Gasteiger partial charge in [0.25, 0.3) is 5.91 Å². The van der Waals surface area contributed by atoms with Gasteiger partial charge in [-0.25, -0.2) is 0 Å². The zero-order valence-corrected chi connectivity index (χ0v) is 16.5. The Morgan fingerprint density at radius 3 is 2.77 bits per heavy atom. The van der Waals surface area contributed by atoms with E-state index in [0.717, 1.165) is 5.56 Å². The van der Waals surface area contributed by atoms with Gasteiger partial charge in [0.15, 0.2) is 11.5 Å². The maximum atomic E-state index is 13.0. The number of aryl methyl sites for hydroxylation is 1. The summed E-state index contributed by atoms with van der Waals surface area (Å²) in [5.41, 5.74) is 2.74. The molecule has 2 heterocycles. The normalized spacial score (nSPS) is 13.1. The van der Waals surface area contributed by atoms with Crippen LogP contribution in [0.25, 0.3) is 0 Å². The van der Waals surface area contributed by atoms with E-state index in [-0.39, 0.29) is 31.1 Å². The molecule has 0 unspecified atom stereocenters. The van der Waals surface area contributed by atoms with Gasteiger partial charge in [-0.3, -0.25) is 4.79 Å². The third-order valence-corrected chi connectivity index (χ3v) is 4.98. The standard InChI is InChI=1S/C21H20N4O5/c1-13-9-20(25(27)28)23-24(13)11-16-5-3-4-6-17(16)21(26)22-14(2)15-7-8-18-19(10-15)30-12-29-18/h3-10,14H,11-12H2,1-2H3,(H,22,26)/t14-/m0/s1. The number of fused-ring (bicyclic) bond motifs is 1. The Kier molecular flexibility index (Phi) is 5.09. The van der Waals surface area contributed by atoms with Crippen molar-refractivity contribution in [2.45, 2.75) is 26.4 Å². The van der Waals surface area contributed by atoms with Gasteiger partial charge in [0.1, 0.15) is 0 Å². The van der Waals surface area contributed by atoms with Gasteiger partial charge in [-0.2, -0.15) is 4.68 Å². The van der Waals surface area contributed by atoms with Crippen molar-refractivity contribution in [3.05, 3.63) is 81.0 Å². The number of rotatable bonds is 6. The van der Waals surface area contributed by atoms with Crippen LogP contribution in [0.2, 0.25) is 0 Å². The molecule has 1 N–H and O–H groups in total. The van der Waals surface area contributed by atoms with E-state index in [2.05, 4.69) is 10.4 Å². The van der Waals surface area contributed by atoms with Crippen LogP contribution in [-0.2, 0) is 6.54 Å². The molecule has 30 heavy (non-hydrogen) atoms. The summed E-state index contributed by atoms with van der Waals surface area (Å²) in [5.74, 6) is 0.886. The Bertz CT molecular complexity index is 1120. The molecule has 1 aromatic heterocycles. The van der Waals surface area contributed by atoms with E-state index in [1.165, 1.54) is 10.7 Å². The number of benzene rings is 2. The lowest BCUT2D eigenvalue weighted by Gasteiger charge is -2.16. The summed E-state index contributed by atoms with van der Waals surface area (Å²) in [4.78, 5) is 23.4. The average molecular weight is 408 g/mol. The minimum Gasteiger partial charge on any atom is -0.454 e. The number of carbonyl (C=O) groups is 1. The van der Waals surface area contributed by atoms with Crippen molar-refractivity contribution in [3.63, 3.8) is 0 Å². The fourth-order valence-corrected chi connectivity index (χ4v) is 3.32. The van der Waals surface area contributed by atoms with Crippen LogP contribution in [-0.4, -0.2) is 27.4 Å². The van der Waals surface area contributed by atoms with Gasteiger partial charge < -0.3 is 24.9 Å². The number of aromatic nitrogens is 2. The molecule has 0 spiro atoms. The molecule has 0 aliphatic carbocycles. The second kappa shape index (κ2) is 7.86. The maximum absolute atomic E-state index is 13.0. The summed E-state index contributed by atoms with van der Waals surface area (Å²) in [7, 11) is 0. The van der Waals surface area contributed by atoms with Crippen molar-refractivity contribution in [2.75, 3.05) is 6.79 Å². The van der Waals surface area contributed by atoms with E-state index in [1.807, 2.05) is 37.3 Å². The van der Waals surface area contributed by atoms with Crippen LogP contribution in [0.1, 0.15) is 40.1 Å². The Labute approximate surface area is 172 Å². The number of hydrogen-bond acceptors (Lipinski definition) is 6. The molecule has 154 valence electrons. The van der Waals surface area contributed by atoms with Gasteiger partial charge in [-0.1, -0.05) is 24.3 Å². The van der Waals surface area contributed by atoms with E-state index in [1.54, 1.807) is 19.1 Å². The topological polar surface area (TPSA) is 109 Å². The van der Waals surface area contributed by atoms with Gasteiger partial charge in [-0.15, -0.1) is 0 Å². The molecule has 9 nitrogen and oxygen atoms in total. The van der Waals surface area contributed by atoms with Crippen LogP contribution in [0.15, 0.2) is 48.5 Å². The van der Waals surface area contributed by atoms with E-state index < -0.39 is 4.92 Å². The molecule has 9 heteroatoms. The Morgan fingerprint density at radius 1 is 1.23 bits per heavy atom. The third-order valence-electron chi connectivity index (χ3n) is 4.98. The first-order valence-corrected chi connectivity index (χ1v) is 9.39. The minimum absolute atomic E-state index is 0.192. The van der Waals surface area contributed by atoms with Crippen LogP contribution in [0.4, 0.5) is 5.82 Å². The van der Waals surface area contributed by atoms with Crippen molar-refractivity contribution in [3.8, 4) is 11.5 Å². The van der Waals surface area contributed by atoms with E-state index >= 15 is 0 Å². The first-order valence-electron chi connectivity index (χ1n) is 9.39. The summed E-state index contributed by atoms with van der Waals surface area (Å²) in [6, 6.07) is 13.8. The van der Waals surface area contributed by atoms with E-state index in [4.69, 9.17) is 9.47 Å². The molecule has 0 bridgehead atoms. The number of hydrogen-bond donors (Lipinski definition) is 1. The molecule has 2 aromatic carbocycles. The Hall–Kier alpha value is -3.88. The number of nitro groups is 1. The predicted octanol–water partition coefficient (Wildman–Crippen LogP) is 3.37. The fraction of sp³-hybridized carbons (Fsp3) is 0.238. The van der Waals surface area contributed by atoms with Crippen LogP contribution in [0, 0.1) is 17.0 Å². The molecule has 3 aromatic rings. The lowest BCUT2D eigenvalue weighted by Crippen LogP contribution is -2.28. The first kappa shape index (κ1) is 19.4. The van der Waals surface area contributed by atoms with E-state index in [9.17, 15) is 14.9 Å². The summed E-state index contributed by atoms with van der Waals surface area (Å²) >= 11 is 0. The molecular formula is C21H20N4O5. The van der Waals surface area contributed by atoms with Crippen molar-refractivity contribution < 1.29 is 19.2 Å². The highest BCUT2D eigenvalue weighted by molar-refractivity contribution is 5.95. The first-order chi connectivity index (χ1) is 14.4. The molecular weight excluding hydrogens is 388 g/mol. The number of amides is 1. The highest BCUT2D eigenvalue weighted by Crippen LogP contribution is 2.34. The zero-order valence-electron chi connectivity index (χ0n) is 16.5. The molecule has 0 fully saturated rings. The molecule has 0 radical (unpaired) electrons. The lowest BCUT2D eigenvalue weighted by atomic mass is 10.0. The van der Waals surface area contributed by atoms with E-state index in [0.29, 0.717) is 28.3 Å². The van der Waals surface area contributed by atoms with Gasteiger partial charge in [0, 0.05) is 5.56 Å². The number of nitrogens with zero attached hydrogens (tertiary/aromatic N) is 3. The number of ether oxygens (including phenoxy) is 2. The van der Waals surface area contributed by atoms with Crippen molar-refractivity contribution >= 4 is 11.7 Å². The third kappa shape index (κ3) is 3.82. The molecule has 1 aliphatic heterocycles. The summed E-state index contributed by atoms with van der Waals surface area (Å²) in [6.45, 7) is 4.07. The molecule has 1 amide bonds. The molecule has 1 aliphatic rings. The van der Waals surface area contributed by atoms with Crippen molar-refractivity contribution in [1.29, 1.82) is 0 Å². The number of carbonyl (C=O) groups excluding carboxylic acids is 1. The molecule has 0 saturated carbocycles. The summed E-state index contributed by atoms with van der Waals surface area (Å²) in [6.07, 6.45) is 0.